The smallest absolute Gasteiger partial charge is 0.291 e. The Balaban J connectivity index is 2.13. The van der Waals surface area contributed by atoms with Gasteiger partial charge in [0.1, 0.15) is 11.5 Å². The third kappa shape index (κ3) is 2.41. The summed E-state index contributed by atoms with van der Waals surface area (Å²) in [5.41, 5.74) is 1.01. The highest BCUT2D eigenvalue weighted by Crippen LogP contribution is 2.42. The number of hydrogen-bond acceptors (Lipinski definition) is 5. The van der Waals surface area contributed by atoms with Crippen molar-refractivity contribution in [2.24, 2.45) is 0 Å². The molecule has 0 fully saturated rings. The molecule has 1 aliphatic rings. The van der Waals surface area contributed by atoms with Gasteiger partial charge in [0.05, 0.1) is 10.5 Å². The number of phenolic OH excluding ortho intramolecular Hbond substituents is 1. The number of nitrogens with zero attached hydrogens (tertiary/aromatic N) is 2. The Labute approximate surface area is 130 Å². The Kier molecular flexibility index (Phi) is 3.33. The average Bonchev–Trinajstić information content (AvgIpc) is 2.53. The largest absolute Gasteiger partial charge is 0.763 e. The van der Waals surface area contributed by atoms with Gasteiger partial charge in [-0.15, -0.1) is 0 Å². The molecule has 2 N–H and O–H groups in total. The van der Waals surface area contributed by atoms with Crippen molar-refractivity contribution in [3.05, 3.63) is 75.1 Å². The number of rotatable bonds is 2. The van der Waals surface area contributed by atoms with E-state index in [9.17, 15) is 25.7 Å². The van der Waals surface area contributed by atoms with Crippen LogP contribution in [-0.2, 0) is 0 Å². The molecule has 7 heteroatoms. The molecule has 2 aromatic carbocycles. The highest BCUT2D eigenvalue weighted by molar-refractivity contribution is 6.18. The summed E-state index contributed by atoms with van der Waals surface area (Å²) in [6, 6.07) is 9.59. The molecule has 0 atom stereocenters. The second-order valence-electron chi connectivity index (χ2n) is 4.75. The molecule has 0 bridgehead atoms. The third-order valence-electron chi connectivity index (χ3n) is 3.38. The summed E-state index contributed by atoms with van der Waals surface area (Å²) in [6.45, 7) is 0. The molecule has 0 aliphatic carbocycles. The Bertz CT molecular complexity index is 893. The maximum atomic E-state index is 10.7. The van der Waals surface area contributed by atoms with Crippen LogP contribution in [0.2, 0.25) is 0 Å². The fraction of sp³-hybridized carbons (Fsp3) is 0. The zero-order chi connectivity index (χ0) is 16.6. The van der Waals surface area contributed by atoms with Gasteiger partial charge in [-0.25, -0.2) is 0 Å². The lowest BCUT2D eigenvalue weighted by Crippen LogP contribution is -2.09. The highest BCUT2D eigenvalue weighted by atomic mass is 16.6. The Morgan fingerprint density at radius 1 is 1.13 bits per heavy atom. The van der Waals surface area contributed by atoms with Crippen molar-refractivity contribution in [1.29, 1.82) is 0 Å². The van der Waals surface area contributed by atoms with E-state index in [0.717, 1.165) is 0 Å². The van der Waals surface area contributed by atoms with Crippen molar-refractivity contribution in [3.63, 3.8) is 0 Å². The average molecular weight is 309 g/mol. The molecule has 2 aromatic rings. The van der Waals surface area contributed by atoms with Crippen LogP contribution < -0.4 is 4.74 Å². The van der Waals surface area contributed by atoms with Crippen LogP contribution in [0.4, 0.5) is 5.69 Å². The minimum absolute atomic E-state index is 0.0624. The van der Waals surface area contributed by atoms with E-state index in [4.69, 9.17) is 4.74 Å². The number of nitro groups is 1. The van der Waals surface area contributed by atoms with E-state index in [1.165, 1.54) is 42.5 Å². The number of phenols is 1. The first-order valence-corrected chi connectivity index (χ1v) is 6.48. The summed E-state index contributed by atoms with van der Waals surface area (Å²) in [5.74, 6) is 1.59. The molecule has 0 spiro atoms. The minimum atomic E-state index is -0.539. The van der Waals surface area contributed by atoms with Crippen LogP contribution >= 0.6 is 0 Å². The van der Waals surface area contributed by atoms with Crippen LogP contribution in [-0.4, -0.2) is 21.0 Å². The second kappa shape index (κ2) is 5.32. The zero-order valence-electron chi connectivity index (χ0n) is 11.6. The molecule has 0 saturated carbocycles. The number of allylic oxidation sites excluding steroid dienone is 2. The highest BCUT2D eigenvalue weighted by Gasteiger charge is 2.25. The van der Waals surface area contributed by atoms with E-state index >= 15 is 0 Å². The van der Waals surface area contributed by atoms with Crippen LogP contribution in [0.3, 0.4) is 0 Å². The molecule has 1 heterocycles. The molecule has 7 nitrogen and oxygen atoms in total. The van der Waals surface area contributed by atoms with Crippen LogP contribution in [0.15, 0.2) is 48.4 Å². The van der Waals surface area contributed by atoms with E-state index in [2.05, 4.69) is 0 Å². The maximum absolute atomic E-state index is 10.7. The van der Waals surface area contributed by atoms with E-state index in [1.807, 2.05) is 5.87 Å². The van der Waals surface area contributed by atoms with Gasteiger partial charge in [0.25, 0.3) is 11.6 Å². The first-order valence-electron chi connectivity index (χ1n) is 6.48. The zero-order valence-corrected chi connectivity index (χ0v) is 11.6. The lowest BCUT2D eigenvalue weighted by molar-refractivity contribution is -0.384. The predicted octanol–water partition coefficient (Wildman–Crippen LogP) is 3.24. The summed E-state index contributed by atoms with van der Waals surface area (Å²) in [7, 11) is 0. The topological polar surface area (TPSA) is 115 Å². The molecule has 0 aromatic heterocycles. The molecule has 1 aliphatic heterocycles. The summed E-state index contributed by atoms with van der Waals surface area (Å²) < 4.78 is 5.26. The number of non-ortho nitro benzene ring substituents is 1. The quantitative estimate of drug-likeness (QED) is 0.502. The van der Waals surface area contributed by atoms with E-state index < -0.39 is 10.9 Å². The van der Waals surface area contributed by atoms with Crippen molar-refractivity contribution in [2.75, 3.05) is 0 Å². The van der Waals surface area contributed by atoms with Gasteiger partial charge in [0.15, 0.2) is 0 Å². The number of ether oxygens (including phenoxy) is 1. The second-order valence-corrected chi connectivity index (χ2v) is 4.75. The van der Waals surface area contributed by atoms with Gasteiger partial charge < -0.3 is 20.4 Å². The SMILES string of the molecule is [N-]=C=C1C(c2ccc([N+](=O)[O-])cc2)=C(O)Oc2cc(O)ccc21. The number of aliphatic hydroxyl groups excluding tert-OH is 1. The van der Waals surface area contributed by atoms with Crippen LogP contribution in [0.25, 0.3) is 16.6 Å². The number of aliphatic hydroxyl groups is 1. The first-order chi connectivity index (χ1) is 11.0. The number of aromatic hydroxyl groups is 1. The standard InChI is InChI=1S/C16H9N2O5/c17-8-13-12-6-5-11(19)7-14(12)23-16(20)15(13)9-1-3-10(4-2-9)18(21)22/h1-7,19-20H/q-1. The molecular weight excluding hydrogens is 300 g/mol. The van der Waals surface area contributed by atoms with Crippen molar-refractivity contribution in [3.8, 4) is 11.5 Å². The summed E-state index contributed by atoms with van der Waals surface area (Å²) in [4.78, 5) is 10.2. The van der Waals surface area contributed by atoms with Gasteiger partial charge in [-0.3, -0.25) is 16.0 Å². The number of benzene rings is 2. The van der Waals surface area contributed by atoms with Crippen LogP contribution in [0.1, 0.15) is 11.1 Å². The molecule has 114 valence electrons. The molecule has 0 unspecified atom stereocenters. The molecule has 0 radical (unpaired) electrons. The van der Waals surface area contributed by atoms with Gasteiger partial charge >= 0.3 is 0 Å². The fourth-order valence-corrected chi connectivity index (χ4v) is 2.33. The van der Waals surface area contributed by atoms with Crippen molar-refractivity contribution in [2.45, 2.75) is 0 Å². The predicted molar refractivity (Wildman–Crippen MR) is 83.2 cm³/mol. The molecule has 0 saturated heterocycles. The number of nitro benzene ring substituents is 1. The van der Waals surface area contributed by atoms with Gasteiger partial charge in [-0.05, 0) is 29.8 Å². The maximum Gasteiger partial charge on any atom is 0.291 e. The lowest BCUT2D eigenvalue weighted by atomic mass is 9.91. The molecule has 23 heavy (non-hydrogen) atoms. The van der Waals surface area contributed by atoms with Gasteiger partial charge in [-0.1, -0.05) is 0 Å². The summed E-state index contributed by atoms with van der Waals surface area (Å²) in [5, 5.41) is 39.7. The fourth-order valence-electron chi connectivity index (χ4n) is 2.33. The Morgan fingerprint density at radius 2 is 1.83 bits per heavy atom. The van der Waals surface area contributed by atoms with E-state index in [-0.39, 0.29) is 28.3 Å². The summed E-state index contributed by atoms with van der Waals surface area (Å²) >= 11 is 0. The third-order valence-corrected chi connectivity index (χ3v) is 3.38. The van der Waals surface area contributed by atoms with Gasteiger partial charge in [0.2, 0.25) is 0 Å². The number of hydrogen-bond donors (Lipinski definition) is 2. The first kappa shape index (κ1) is 14.4. The minimum Gasteiger partial charge on any atom is -0.763 e. The van der Waals surface area contributed by atoms with Gasteiger partial charge in [0, 0.05) is 29.3 Å². The molecule has 0 amide bonds. The lowest BCUT2D eigenvalue weighted by Gasteiger charge is -2.22. The van der Waals surface area contributed by atoms with Crippen molar-refractivity contribution in [1.82, 2.24) is 0 Å². The summed E-state index contributed by atoms with van der Waals surface area (Å²) in [6.07, 6.45) is 0. The van der Waals surface area contributed by atoms with Crippen LogP contribution in [0.5, 0.6) is 11.5 Å². The molecular formula is C16H9N2O5-. The van der Waals surface area contributed by atoms with E-state index in [1.54, 1.807) is 0 Å². The Hall–Kier alpha value is -3.57. The number of fused-ring (bicyclic) bond motifs is 1. The molecule has 3 rings (SSSR count). The van der Waals surface area contributed by atoms with Crippen molar-refractivity contribution < 1.29 is 19.9 Å². The van der Waals surface area contributed by atoms with Crippen LogP contribution in [0, 0.1) is 10.1 Å². The Morgan fingerprint density at radius 3 is 2.43 bits per heavy atom. The monoisotopic (exact) mass is 309 g/mol. The van der Waals surface area contributed by atoms with E-state index in [0.29, 0.717) is 11.1 Å². The van der Waals surface area contributed by atoms with Gasteiger partial charge in [-0.2, -0.15) is 0 Å². The normalized spacial score (nSPS) is 13.1. The van der Waals surface area contributed by atoms with Crippen molar-refractivity contribution >= 4 is 22.7 Å².